The van der Waals surface area contributed by atoms with E-state index in [1.807, 2.05) is 62.4 Å². The van der Waals surface area contributed by atoms with Crippen LogP contribution in [0.25, 0.3) is 16.7 Å². The van der Waals surface area contributed by atoms with Crippen LogP contribution in [0.1, 0.15) is 16.8 Å². The number of aromatic amines is 1. The summed E-state index contributed by atoms with van der Waals surface area (Å²) >= 11 is 7.37. The van der Waals surface area contributed by atoms with Crippen molar-refractivity contribution in [2.75, 3.05) is 5.75 Å². The number of carbonyl (C=O) groups excluding carboxylic acids is 1. The van der Waals surface area contributed by atoms with Gasteiger partial charge < -0.3 is 10.3 Å². The Kier molecular flexibility index (Phi) is 6.15. The predicted molar refractivity (Wildman–Crippen MR) is 125 cm³/mol. The Morgan fingerprint density at radius 2 is 1.90 bits per heavy atom. The van der Waals surface area contributed by atoms with E-state index in [4.69, 9.17) is 11.6 Å². The molecule has 2 aromatic carbocycles. The molecule has 0 aliphatic rings. The van der Waals surface area contributed by atoms with Crippen molar-refractivity contribution in [3.8, 4) is 5.69 Å². The highest BCUT2D eigenvalue weighted by Crippen LogP contribution is 2.22. The zero-order chi connectivity index (χ0) is 22.0. The maximum atomic E-state index is 13.2. The fraction of sp³-hybridized carbons (Fsp3) is 0.174. The summed E-state index contributed by atoms with van der Waals surface area (Å²) in [5.74, 6) is -0.0440. The Labute approximate surface area is 188 Å². The molecule has 0 saturated carbocycles. The number of nitrogens with zero attached hydrogens (tertiary/aromatic N) is 2. The number of thioether (sulfide) groups is 1. The van der Waals surface area contributed by atoms with E-state index in [0.717, 1.165) is 16.8 Å². The minimum absolute atomic E-state index is 0.123. The second-order valence-electron chi connectivity index (χ2n) is 7.24. The summed E-state index contributed by atoms with van der Waals surface area (Å²) in [4.78, 5) is 33.4. The van der Waals surface area contributed by atoms with E-state index in [1.54, 1.807) is 10.6 Å². The molecular formula is C23H21ClN4O2S. The summed E-state index contributed by atoms with van der Waals surface area (Å²) in [6.45, 7) is 4.21. The lowest BCUT2D eigenvalue weighted by molar-refractivity contribution is -0.118. The van der Waals surface area contributed by atoms with Crippen molar-refractivity contribution < 1.29 is 4.79 Å². The molecule has 6 nitrogen and oxygen atoms in total. The molecule has 2 aromatic heterocycles. The van der Waals surface area contributed by atoms with Crippen LogP contribution in [0.5, 0.6) is 0 Å². The van der Waals surface area contributed by atoms with Crippen LogP contribution in [0.2, 0.25) is 5.02 Å². The van der Waals surface area contributed by atoms with Gasteiger partial charge in [-0.1, -0.05) is 59.3 Å². The van der Waals surface area contributed by atoms with Crippen LogP contribution in [0.3, 0.4) is 0 Å². The number of benzene rings is 2. The first kappa shape index (κ1) is 21.2. The number of H-pyrrole nitrogens is 1. The lowest BCUT2D eigenvalue weighted by atomic mass is 10.2. The third-order valence-corrected chi connectivity index (χ3v) is 6.12. The zero-order valence-electron chi connectivity index (χ0n) is 17.1. The van der Waals surface area contributed by atoms with Crippen molar-refractivity contribution in [3.05, 3.63) is 86.8 Å². The molecule has 0 bridgehead atoms. The van der Waals surface area contributed by atoms with Gasteiger partial charge in [-0.05, 0) is 43.7 Å². The van der Waals surface area contributed by atoms with E-state index in [9.17, 15) is 9.59 Å². The highest BCUT2D eigenvalue weighted by atomic mass is 35.5. The van der Waals surface area contributed by atoms with Crippen LogP contribution in [-0.2, 0) is 11.3 Å². The van der Waals surface area contributed by atoms with E-state index < -0.39 is 0 Å². The molecule has 4 rings (SSSR count). The van der Waals surface area contributed by atoms with Gasteiger partial charge in [0.25, 0.3) is 5.56 Å². The average Bonchev–Trinajstić information content (AvgIpc) is 3.13. The highest BCUT2D eigenvalue weighted by Gasteiger charge is 2.16. The summed E-state index contributed by atoms with van der Waals surface area (Å²) in [5.41, 5.74) is 4.35. The number of hydrogen-bond acceptors (Lipinski definition) is 4. The zero-order valence-corrected chi connectivity index (χ0v) is 18.7. The number of aryl methyl sites for hydroxylation is 2. The maximum Gasteiger partial charge on any atom is 0.283 e. The summed E-state index contributed by atoms with van der Waals surface area (Å²) in [7, 11) is 0. The first-order valence-corrected chi connectivity index (χ1v) is 11.1. The van der Waals surface area contributed by atoms with Crippen LogP contribution in [0.4, 0.5) is 0 Å². The fourth-order valence-corrected chi connectivity index (χ4v) is 4.26. The molecule has 4 aromatic rings. The molecule has 8 heteroatoms. The van der Waals surface area contributed by atoms with Gasteiger partial charge in [-0.25, -0.2) is 4.98 Å². The van der Waals surface area contributed by atoms with Gasteiger partial charge in [0.1, 0.15) is 5.52 Å². The molecule has 31 heavy (non-hydrogen) atoms. The first-order chi connectivity index (χ1) is 14.9. The van der Waals surface area contributed by atoms with Crippen LogP contribution < -0.4 is 10.9 Å². The molecule has 0 unspecified atom stereocenters. The van der Waals surface area contributed by atoms with E-state index in [1.165, 1.54) is 11.8 Å². The topological polar surface area (TPSA) is 79.8 Å². The standard InChI is InChI=1S/C23H21ClN4O2S/c1-14-7-9-17(10-8-14)28-22(30)21-19(11-15(2)26-21)27-23(28)31-13-20(29)25-12-16-5-3-4-6-18(16)24/h3-11,26H,12-13H2,1-2H3,(H,25,29). The molecule has 1 amide bonds. The lowest BCUT2D eigenvalue weighted by Crippen LogP contribution is -2.26. The molecule has 0 saturated heterocycles. The van der Waals surface area contributed by atoms with Crippen LogP contribution >= 0.6 is 23.4 Å². The Bertz CT molecular complexity index is 1310. The molecule has 2 heterocycles. The molecule has 158 valence electrons. The Balaban J connectivity index is 1.59. The van der Waals surface area contributed by atoms with Gasteiger partial charge in [0.15, 0.2) is 5.16 Å². The molecule has 0 fully saturated rings. The maximum absolute atomic E-state index is 13.2. The van der Waals surface area contributed by atoms with Crippen molar-refractivity contribution >= 4 is 40.3 Å². The monoisotopic (exact) mass is 452 g/mol. The molecule has 2 N–H and O–H groups in total. The van der Waals surface area contributed by atoms with Gasteiger partial charge in [-0.3, -0.25) is 14.2 Å². The van der Waals surface area contributed by atoms with Crippen molar-refractivity contribution in [1.82, 2.24) is 19.9 Å². The van der Waals surface area contributed by atoms with Crippen molar-refractivity contribution in [2.24, 2.45) is 0 Å². The molecule has 0 atom stereocenters. The van der Waals surface area contributed by atoms with Gasteiger partial charge in [0.2, 0.25) is 5.91 Å². The largest absolute Gasteiger partial charge is 0.353 e. The lowest BCUT2D eigenvalue weighted by Gasteiger charge is -2.12. The molecule has 0 aliphatic carbocycles. The Morgan fingerprint density at radius 1 is 1.16 bits per heavy atom. The van der Waals surface area contributed by atoms with Crippen LogP contribution in [0, 0.1) is 13.8 Å². The fourth-order valence-electron chi connectivity index (χ4n) is 3.21. The average molecular weight is 453 g/mol. The van der Waals surface area contributed by atoms with Crippen molar-refractivity contribution in [2.45, 2.75) is 25.5 Å². The first-order valence-electron chi connectivity index (χ1n) is 9.74. The van der Waals surface area contributed by atoms with E-state index >= 15 is 0 Å². The van der Waals surface area contributed by atoms with Crippen LogP contribution in [-0.4, -0.2) is 26.2 Å². The van der Waals surface area contributed by atoms with Crippen molar-refractivity contribution in [3.63, 3.8) is 0 Å². The third kappa shape index (κ3) is 4.68. The number of halogens is 1. The third-order valence-electron chi connectivity index (χ3n) is 4.81. The number of rotatable bonds is 6. The number of fused-ring (bicyclic) bond motifs is 1. The van der Waals surface area contributed by atoms with Crippen molar-refractivity contribution in [1.29, 1.82) is 0 Å². The van der Waals surface area contributed by atoms with Gasteiger partial charge in [0, 0.05) is 17.3 Å². The van der Waals surface area contributed by atoms with E-state index in [2.05, 4.69) is 15.3 Å². The predicted octanol–water partition coefficient (Wildman–Crippen LogP) is 4.39. The van der Waals surface area contributed by atoms with Gasteiger partial charge >= 0.3 is 0 Å². The van der Waals surface area contributed by atoms with Gasteiger partial charge in [-0.15, -0.1) is 0 Å². The highest BCUT2D eigenvalue weighted by molar-refractivity contribution is 7.99. The number of hydrogen-bond donors (Lipinski definition) is 2. The smallest absolute Gasteiger partial charge is 0.283 e. The van der Waals surface area contributed by atoms with Gasteiger partial charge in [0.05, 0.1) is 17.0 Å². The second-order valence-corrected chi connectivity index (χ2v) is 8.59. The summed E-state index contributed by atoms with van der Waals surface area (Å²) in [5, 5.41) is 3.94. The Morgan fingerprint density at radius 3 is 2.65 bits per heavy atom. The summed E-state index contributed by atoms with van der Waals surface area (Å²) < 4.78 is 1.55. The minimum Gasteiger partial charge on any atom is -0.353 e. The molecular weight excluding hydrogens is 432 g/mol. The van der Waals surface area contributed by atoms with E-state index in [-0.39, 0.29) is 17.2 Å². The number of nitrogens with one attached hydrogen (secondary N) is 2. The molecule has 0 aliphatic heterocycles. The number of aromatic nitrogens is 3. The summed E-state index contributed by atoms with van der Waals surface area (Å²) in [6.07, 6.45) is 0. The normalized spacial score (nSPS) is 11.1. The van der Waals surface area contributed by atoms with Crippen LogP contribution in [0.15, 0.2) is 64.5 Å². The van der Waals surface area contributed by atoms with Gasteiger partial charge in [-0.2, -0.15) is 0 Å². The second kappa shape index (κ2) is 8.99. The number of amides is 1. The minimum atomic E-state index is -0.194. The quantitative estimate of drug-likeness (QED) is 0.336. The van der Waals surface area contributed by atoms with E-state index in [0.29, 0.717) is 33.4 Å². The SMILES string of the molecule is Cc1ccc(-n2c(SCC(=O)NCc3ccccc3Cl)nc3cc(C)[nH]c3c2=O)cc1. The summed E-state index contributed by atoms with van der Waals surface area (Å²) in [6, 6.07) is 16.8. The Hall–Kier alpha value is -3.03. The molecule has 0 radical (unpaired) electrons. The number of carbonyl (C=O) groups is 1. The molecule has 0 spiro atoms.